The van der Waals surface area contributed by atoms with Crippen LogP contribution in [0, 0.1) is 0 Å². The van der Waals surface area contributed by atoms with Gasteiger partial charge in [-0.25, -0.2) is 0 Å². The van der Waals surface area contributed by atoms with E-state index < -0.39 is 0 Å². The van der Waals surface area contributed by atoms with E-state index in [0.717, 1.165) is 45.6 Å². The van der Waals surface area contributed by atoms with E-state index in [4.69, 9.17) is 5.73 Å². The van der Waals surface area contributed by atoms with Crippen molar-refractivity contribution in [2.75, 3.05) is 39.3 Å². The van der Waals surface area contributed by atoms with Crippen molar-refractivity contribution < 1.29 is 4.79 Å². The molecule has 0 bridgehead atoms. The summed E-state index contributed by atoms with van der Waals surface area (Å²) in [5.41, 5.74) is 5.41. The topological polar surface area (TPSA) is 49.6 Å². The first kappa shape index (κ1) is 13.5. The number of nitrogens with zero attached hydrogens (tertiary/aromatic N) is 2. The lowest BCUT2D eigenvalue weighted by Crippen LogP contribution is -2.48. The largest absolute Gasteiger partial charge is 0.340 e. The maximum absolute atomic E-state index is 11.8. The summed E-state index contributed by atoms with van der Waals surface area (Å²) in [4.78, 5) is 16.2. The molecule has 1 fully saturated rings. The molecule has 1 rings (SSSR count). The third-order valence-electron chi connectivity index (χ3n) is 3.11. The van der Waals surface area contributed by atoms with Gasteiger partial charge in [0.2, 0.25) is 5.91 Å². The Balaban J connectivity index is 2.17. The van der Waals surface area contributed by atoms with E-state index in [1.807, 2.05) is 4.90 Å². The normalized spacial score (nSPS) is 17.8. The summed E-state index contributed by atoms with van der Waals surface area (Å²) in [5, 5.41) is 0. The number of amides is 1. The number of carbonyl (C=O) groups is 1. The summed E-state index contributed by atoms with van der Waals surface area (Å²) in [6.07, 6.45) is 3.77. The van der Waals surface area contributed by atoms with Crippen LogP contribution in [0.1, 0.15) is 32.6 Å². The lowest BCUT2D eigenvalue weighted by atomic mass is 10.2. The molecule has 0 spiro atoms. The SMILES string of the molecule is CCCN1CCN(C(=O)CCCCN)CC1. The Labute approximate surface area is 98.8 Å². The number of nitrogens with two attached hydrogens (primary N) is 1. The minimum atomic E-state index is 0.310. The first-order valence-corrected chi connectivity index (χ1v) is 6.48. The van der Waals surface area contributed by atoms with Crippen LogP contribution in [0.4, 0.5) is 0 Å². The fourth-order valence-electron chi connectivity index (χ4n) is 2.12. The van der Waals surface area contributed by atoms with E-state index >= 15 is 0 Å². The molecule has 1 amide bonds. The highest BCUT2D eigenvalue weighted by atomic mass is 16.2. The molecule has 2 N–H and O–H groups in total. The molecule has 4 nitrogen and oxygen atoms in total. The van der Waals surface area contributed by atoms with Gasteiger partial charge in [0.25, 0.3) is 0 Å². The molecule has 0 atom stereocenters. The van der Waals surface area contributed by atoms with Gasteiger partial charge in [0, 0.05) is 32.6 Å². The Morgan fingerprint density at radius 2 is 1.88 bits per heavy atom. The minimum absolute atomic E-state index is 0.310. The fraction of sp³-hybridized carbons (Fsp3) is 0.917. The number of hydrogen-bond donors (Lipinski definition) is 1. The molecule has 0 aromatic heterocycles. The first-order chi connectivity index (χ1) is 7.77. The highest BCUT2D eigenvalue weighted by Crippen LogP contribution is 2.06. The number of rotatable bonds is 6. The van der Waals surface area contributed by atoms with Crippen molar-refractivity contribution in [2.24, 2.45) is 5.73 Å². The Morgan fingerprint density at radius 1 is 1.19 bits per heavy atom. The third kappa shape index (κ3) is 4.49. The van der Waals surface area contributed by atoms with E-state index in [9.17, 15) is 4.79 Å². The summed E-state index contributed by atoms with van der Waals surface area (Å²) in [6, 6.07) is 0. The molecular weight excluding hydrogens is 202 g/mol. The van der Waals surface area contributed by atoms with E-state index in [-0.39, 0.29) is 0 Å². The Kier molecular flexibility index (Phi) is 6.42. The van der Waals surface area contributed by atoms with Crippen molar-refractivity contribution >= 4 is 5.91 Å². The number of unbranched alkanes of at least 4 members (excludes halogenated alkanes) is 1. The third-order valence-corrected chi connectivity index (χ3v) is 3.11. The van der Waals surface area contributed by atoms with Gasteiger partial charge in [0.05, 0.1) is 0 Å². The molecule has 1 aliphatic rings. The quantitative estimate of drug-likeness (QED) is 0.679. The standard InChI is InChI=1S/C12H25N3O/c1-2-7-14-8-10-15(11-9-14)12(16)5-3-4-6-13/h2-11,13H2,1H3. The lowest BCUT2D eigenvalue weighted by molar-refractivity contribution is -0.133. The molecule has 0 saturated carbocycles. The van der Waals surface area contributed by atoms with Crippen molar-refractivity contribution in [1.29, 1.82) is 0 Å². The van der Waals surface area contributed by atoms with E-state index in [0.29, 0.717) is 18.9 Å². The summed E-state index contributed by atoms with van der Waals surface area (Å²) in [6.45, 7) is 7.94. The van der Waals surface area contributed by atoms with Crippen LogP contribution in [-0.4, -0.2) is 55.0 Å². The lowest BCUT2D eigenvalue weighted by Gasteiger charge is -2.34. The Hall–Kier alpha value is -0.610. The van der Waals surface area contributed by atoms with Crippen molar-refractivity contribution in [1.82, 2.24) is 9.80 Å². The van der Waals surface area contributed by atoms with Gasteiger partial charge in [-0.3, -0.25) is 9.69 Å². The van der Waals surface area contributed by atoms with Gasteiger partial charge in [-0.05, 0) is 32.4 Å². The fourth-order valence-corrected chi connectivity index (χ4v) is 2.12. The van der Waals surface area contributed by atoms with Crippen molar-refractivity contribution in [2.45, 2.75) is 32.6 Å². The van der Waals surface area contributed by atoms with Gasteiger partial charge in [-0.15, -0.1) is 0 Å². The number of hydrogen-bond acceptors (Lipinski definition) is 3. The summed E-state index contributed by atoms with van der Waals surface area (Å²) in [7, 11) is 0. The molecule has 0 aromatic carbocycles. The summed E-state index contributed by atoms with van der Waals surface area (Å²) >= 11 is 0. The molecular formula is C12H25N3O. The second-order valence-electron chi connectivity index (χ2n) is 4.47. The van der Waals surface area contributed by atoms with Crippen LogP contribution < -0.4 is 5.73 Å². The maximum Gasteiger partial charge on any atom is 0.222 e. The van der Waals surface area contributed by atoms with Crippen LogP contribution in [0.3, 0.4) is 0 Å². The predicted molar refractivity (Wildman–Crippen MR) is 66.2 cm³/mol. The molecule has 16 heavy (non-hydrogen) atoms. The molecule has 1 saturated heterocycles. The molecule has 1 aliphatic heterocycles. The average molecular weight is 227 g/mol. The van der Waals surface area contributed by atoms with Gasteiger partial charge < -0.3 is 10.6 Å². The smallest absolute Gasteiger partial charge is 0.222 e. The minimum Gasteiger partial charge on any atom is -0.340 e. The summed E-state index contributed by atoms with van der Waals surface area (Å²) < 4.78 is 0. The second-order valence-corrected chi connectivity index (χ2v) is 4.47. The molecule has 0 aromatic rings. The zero-order valence-electron chi connectivity index (χ0n) is 10.5. The predicted octanol–water partition coefficient (Wildman–Crippen LogP) is 0.670. The van der Waals surface area contributed by atoms with E-state index in [2.05, 4.69) is 11.8 Å². The molecule has 4 heteroatoms. The first-order valence-electron chi connectivity index (χ1n) is 6.48. The number of carbonyl (C=O) groups excluding carboxylic acids is 1. The van der Waals surface area contributed by atoms with Gasteiger partial charge in [0.1, 0.15) is 0 Å². The highest BCUT2D eigenvalue weighted by molar-refractivity contribution is 5.76. The van der Waals surface area contributed by atoms with Gasteiger partial charge in [0.15, 0.2) is 0 Å². The highest BCUT2D eigenvalue weighted by Gasteiger charge is 2.19. The summed E-state index contributed by atoms with van der Waals surface area (Å²) in [5.74, 6) is 0.310. The van der Waals surface area contributed by atoms with Crippen LogP contribution in [0.2, 0.25) is 0 Å². The van der Waals surface area contributed by atoms with Crippen LogP contribution in [0.25, 0.3) is 0 Å². The molecule has 0 aliphatic carbocycles. The Bertz CT molecular complexity index is 200. The Morgan fingerprint density at radius 3 is 2.44 bits per heavy atom. The maximum atomic E-state index is 11.8. The van der Waals surface area contributed by atoms with Crippen LogP contribution in [0.5, 0.6) is 0 Å². The molecule has 0 radical (unpaired) electrons. The van der Waals surface area contributed by atoms with Gasteiger partial charge in [-0.2, -0.15) is 0 Å². The second kappa shape index (κ2) is 7.63. The molecule has 0 unspecified atom stereocenters. The monoisotopic (exact) mass is 227 g/mol. The number of piperazine rings is 1. The average Bonchev–Trinajstić information content (AvgIpc) is 2.30. The van der Waals surface area contributed by atoms with Crippen molar-refractivity contribution in [3.05, 3.63) is 0 Å². The molecule has 94 valence electrons. The van der Waals surface area contributed by atoms with E-state index in [1.165, 1.54) is 6.42 Å². The van der Waals surface area contributed by atoms with Crippen molar-refractivity contribution in [3.63, 3.8) is 0 Å². The van der Waals surface area contributed by atoms with Crippen LogP contribution >= 0.6 is 0 Å². The zero-order chi connectivity index (χ0) is 11.8. The van der Waals surface area contributed by atoms with Crippen LogP contribution in [-0.2, 0) is 4.79 Å². The van der Waals surface area contributed by atoms with E-state index in [1.54, 1.807) is 0 Å². The van der Waals surface area contributed by atoms with Crippen molar-refractivity contribution in [3.8, 4) is 0 Å². The molecule has 1 heterocycles. The zero-order valence-corrected chi connectivity index (χ0v) is 10.5. The van der Waals surface area contributed by atoms with Gasteiger partial charge in [-0.1, -0.05) is 6.92 Å². The van der Waals surface area contributed by atoms with Crippen LogP contribution in [0.15, 0.2) is 0 Å². The van der Waals surface area contributed by atoms with Gasteiger partial charge >= 0.3 is 0 Å².